The van der Waals surface area contributed by atoms with E-state index in [2.05, 4.69) is 20.7 Å². The molecule has 0 unspecified atom stereocenters. The summed E-state index contributed by atoms with van der Waals surface area (Å²) in [5.74, 6) is 0.737. The lowest BCUT2D eigenvalue weighted by atomic mass is 10.0. The van der Waals surface area contributed by atoms with Gasteiger partial charge < -0.3 is 14.8 Å². The second-order valence-corrected chi connectivity index (χ2v) is 7.72. The van der Waals surface area contributed by atoms with E-state index in [1.807, 2.05) is 13.0 Å². The van der Waals surface area contributed by atoms with Crippen LogP contribution in [0.5, 0.6) is 11.5 Å². The lowest BCUT2D eigenvalue weighted by molar-refractivity contribution is -0.118. The summed E-state index contributed by atoms with van der Waals surface area (Å²) in [7, 11) is 0. The van der Waals surface area contributed by atoms with Crippen molar-refractivity contribution >= 4 is 46.7 Å². The van der Waals surface area contributed by atoms with Crippen molar-refractivity contribution < 1.29 is 19.1 Å². The molecule has 0 aliphatic carbocycles. The molecule has 1 aliphatic heterocycles. The van der Waals surface area contributed by atoms with Crippen LogP contribution in [0.15, 0.2) is 42.7 Å². The van der Waals surface area contributed by atoms with Crippen molar-refractivity contribution in [2.45, 2.75) is 19.4 Å². The third kappa shape index (κ3) is 4.79. The molecule has 0 radical (unpaired) electrons. The van der Waals surface area contributed by atoms with Crippen LogP contribution in [0.4, 0.5) is 11.6 Å². The van der Waals surface area contributed by atoms with Gasteiger partial charge in [0.15, 0.2) is 18.1 Å². The van der Waals surface area contributed by atoms with E-state index < -0.39 is 0 Å². The number of ether oxygens (including phenoxy) is 2. The molecule has 1 atom stereocenters. The number of nitrogens with zero attached hydrogens (tertiary/aromatic N) is 3. The zero-order valence-corrected chi connectivity index (χ0v) is 18.5. The van der Waals surface area contributed by atoms with Crippen molar-refractivity contribution in [3.05, 3.63) is 58.3 Å². The van der Waals surface area contributed by atoms with Gasteiger partial charge in [0.05, 0.1) is 29.1 Å². The molecule has 3 aromatic rings. The fraction of sp³-hybridized carbons (Fsp3) is 0.238. The number of rotatable bonds is 7. The van der Waals surface area contributed by atoms with Gasteiger partial charge in [-0.3, -0.25) is 14.9 Å². The maximum Gasteiger partial charge on any atom is 0.262 e. The molecule has 32 heavy (non-hydrogen) atoms. The first kappa shape index (κ1) is 21.9. The van der Waals surface area contributed by atoms with E-state index in [0.717, 1.165) is 5.56 Å². The van der Waals surface area contributed by atoms with Crippen LogP contribution in [0.2, 0.25) is 10.0 Å². The standard InChI is InChI=1S/C21H19Cl2N5O4/c1-2-31-18-7-12(16-9-19(29)27-21-24-11-25-28(16)21)3-6-17(18)32-10-20(30)26-13-4-5-14(22)15(23)8-13/h3-8,11,16H,2,9-10H2,1H3,(H,26,30)(H,24,25,27,29)/t16-/m0/s1. The zero-order chi connectivity index (χ0) is 22.7. The number of carbonyl (C=O) groups is 2. The van der Waals surface area contributed by atoms with E-state index in [-0.39, 0.29) is 30.9 Å². The average molecular weight is 476 g/mol. The molecule has 0 saturated carbocycles. The number of benzene rings is 2. The summed E-state index contributed by atoms with van der Waals surface area (Å²) in [6.45, 7) is 2.00. The second-order valence-electron chi connectivity index (χ2n) is 6.90. The Morgan fingerprint density at radius 3 is 2.81 bits per heavy atom. The van der Waals surface area contributed by atoms with Crippen LogP contribution in [-0.4, -0.2) is 39.8 Å². The first-order valence-corrected chi connectivity index (χ1v) is 10.5. The predicted octanol–water partition coefficient (Wildman–Crippen LogP) is 3.93. The number of hydrogen-bond acceptors (Lipinski definition) is 6. The average Bonchev–Trinajstić information content (AvgIpc) is 3.23. The molecule has 2 heterocycles. The molecule has 166 valence electrons. The summed E-state index contributed by atoms with van der Waals surface area (Å²) in [4.78, 5) is 28.4. The minimum Gasteiger partial charge on any atom is -0.490 e. The number of nitrogens with one attached hydrogen (secondary N) is 2. The van der Waals surface area contributed by atoms with Gasteiger partial charge in [-0.1, -0.05) is 29.3 Å². The van der Waals surface area contributed by atoms with Gasteiger partial charge in [0, 0.05) is 5.69 Å². The second kappa shape index (κ2) is 9.46. The molecule has 0 fully saturated rings. The highest BCUT2D eigenvalue weighted by Crippen LogP contribution is 2.35. The number of amides is 2. The van der Waals surface area contributed by atoms with Gasteiger partial charge in [-0.2, -0.15) is 10.1 Å². The molecule has 0 saturated heterocycles. The molecule has 1 aliphatic rings. The van der Waals surface area contributed by atoms with Crippen molar-refractivity contribution in [3.8, 4) is 11.5 Å². The van der Waals surface area contributed by atoms with Crippen LogP contribution >= 0.6 is 23.2 Å². The van der Waals surface area contributed by atoms with Crippen LogP contribution in [-0.2, 0) is 9.59 Å². The van der Waals surface area contributed by atoms with Gasteiger partial charge >= 0.3 is 0 Å². The highest BCUT2D eigenvalue weighted by molar-refractivity contribution is 6.42. The number of hydrogen-bond donors (Lipinski definition) is 2. The molecule has 4 rings (SSSR count). The third-order valence-electron chi connectivity index (χ3n) is 4.71. The van der Waals surface area contributed by atoms with Crippen LogP contribution in [0, 0.1) is 0 Å². The molecule has 2 amide bonds. The van der Waals surface area contributed by atoms with Crippen LogP contribution in [0.25, 0.3) is 0 Å². The van der Waals surface area contributed by atoms with E-state index in [0.29, 0.717) is 39.8 Å². The maximum absolute atomic E-state index is 12.3. The Kier molecular flexibility index (Phi) is 6.48. The van der Waals surface area contributed by atoms with Gasteiger partial charge in [0.2, 0.25) is 11.9 Å². The molecular formula is C21H19Cl2N5O4. The van der Waals surface area contributed by atoms with E-state index in [9.17, 15) is 9.59 Å². The van der Waals surface area contributed by atoms with Crippen LogP contribution < -0.4 is 20.1 Å². The number of carbonyl (C=O) groups excluding carboxylic acids is 2. The maximum atomic E-state index is 12.3. The van der Waals surface area contributed by atoms with E-state index in [1.54, 1.807) is 35.0 Å². The Balaban J connectivity index is 1.48. The molecule has 2 aromatic carbocycles. The Morgan fingerprint density at radius 1 is 1.19 bits per heavy atom. The molecule has 0 spiro atoms. The fourth-order valence-corrected chi connectivity index (χ4v) is 3.60. The molecule has 1 aromatic heterocycles. The molecule has 11 heteroatoms. The number of halogens is 2. The Morgan fingerprint density at radius 2 is 2.03 bits per heavy atom. The largest absolute Gasteiger partial charge is 0.490 e. The van der Waals surface area contributed by atoms with Crippen molar-refractivity contribution in [3.63, 3.8) is 0 Å². The number of aromatic nitrogens is 3. The first-order chi connectivity index (χ1) is 15.4. The predicted molar refractivity (Wildman–Crippen MR) is 120 cm³/mol. The van der Waals surface area contributed by atoms with E-state index >= 15 is 0 Å². The van der Waals surface area contributed by atoms with Gasteiger partial charge in [-0.05, 0) is 42.8 Å². The Labute approximate surface area is 193 Å². The van der Waals surface area contributed by atoms with Crippen molar-refractivity contribution in [2.24, 2.45) is 0 Å². The SMILES string of the molecule is CCOc1cc([C@@H]2CC(=O)Nc3ncnn32)ccc1OCC(=O)Nc1ccc(Cl)c(Cl)c1. The van der Waals surface area contributed by atoms with Gasteiger partial charge in [0.25, 0.3) is 5.91 Å². The van der Waals surface area contributed by atoms with Crippen molar-refractivity contribution in [2.75, 3.05) is 23.8 Å². The van der Waals surface area contributed by atoms with Gasteiger partial charge in [-0.25, -0.2) is 4.68 Å². The summed E-state index contributed by atoms with van der Waals surface area (Å²) in [5.41, 5.74) is 1.32. The summed E-state index contributed by atoms with van der Waals surface area (Å²) in [6.07, 6.45) is 1.61. The first-order valence-electron chi connectivity index (χ1n) is 9.78. The van der Waals surface area contributed by atoms with Crippen molar-refractivity contribution in [1.29, 1.82) is 0 Å². The summed E-state index contributed by atoms with van der Waals surface area (Å²) >= 11 is 11.9. The fourth-order valence-electron chi connectivity index (χ4n) is 3.30. The zero-order valence-electron chi connectivity index (χ0n) is 17.0. The smallest absolute Gasteiger partial charge is 0.262 e. The van der Waals surface area contributed by atoms with Crippen LogP contribution in [0.1, 0.15) is 24.9 Å². The molecule has 9 nitrogen and oxygen atoms in total. The summed E-state index contributed by atoms with van der Waals surface area (Å²) in [6, 6.07) is 9.77. The minimum absolute atomic E-state index is 0.146. The van der Waals surface area contributed by atoms with E-state index in [4.69, 9.17) is 32.7 Å². The monoisotopic (exact) mass is 475 g/mol. The van der Waals surface area contributed by atoms with Crippen LogP contribution in [0.3, 0.4) is 0 Å². The van der Waals surface area contributed by atoms with Crippen molar-refractivity contribution in [1.82, 2.24) is 14.8 Å². The Bertz CT molecular complexity index is 1170. The molecule has 2 N–H and O–H groups in total. The van der Waals surface area contributed by atoms with Gasteiger partial charge in [0.1, 0.15) is 6.33 Å². The quantitative estimate of drug-likeness (QED) is 0.535. The van der Waals surface area contributed by atoms with E-state index in [1.165, 1.54) is 6.33 Å². The summed E-state index contributed by atoms with van der Waals surface area (Å²) in [5, 5.41) is 10.3. The number of fused-ring (bicyclic) bond motifs is 1. The third-order valence-corrected chi connectivity index (χ3v) is 5.45. The molecule has 0 bridgehead atoms. The minimum atomic E-state index is -0.369. The lowest BCUT2D eigenvalue weighted by Crippen LogP contribution is -2.29. The molecular weight excluding hydrogens is 457 g/mol. The van der Waals surface area contributed by atoms with Gasteiger partial charge in [-0.15, -0.1) is 0 Å². The topological polar surface area (TPSA) is 107 Å². The normalized spacial score (nSPS) is 15.0. The Hall–Kier alpha value is -3.30. The summed E-state index contributed by atoms with van der Waals surface area (Å²) < 4.78 is 13.0. The lowest BCUT2D eigenvalue weighted by Gasteiger charge is -2.24. The highest BCUT2D eigenvalue weighted by Gasteiger charge is 2.28. The highest BCUT2D eigenvalue weighted by atomic mass is 35.5. The number of anilines is 2.